The smallest absolute Gasteiger partial charge is 0.354 e. The third-order valence-corrected chi connectivity index (χ3v) is 5.74. The Balaban J connectivity index is 2.15. The highest BCUT2D eigenvalue weighted by molar-refractivity contribution is 7.92. The van der Waals surface area contributed by atoms with Crippen LogP contribution in [0.2, 0.25) is 5.02 Å². The van der Waals surface area contributed by atoms with Gasteiger partial charge in [-0.2, -0.15) is 13.2 Å². The van der Waals surface area contributed by atoms with Gasteiger partial charge in [0.25, 0.3) is 0 Å². The average Bonchev–Trinajstić information content (AvgIpc) is 2.70. The van der Waals surface area contributed by atoms with E-state index in [0.29, 0.717) is 25.5 Å². The zero-order chi connectivity index (χ0) is 19.5. The van der Waals surface area contributed by atoms with Gasteiger partial charge in [-0.05, 0) is 37.5 Å². The van der Waals surface area contributed by atoms with Crippen molar-refractivity contribution in [2.75, 3.05) is 12.3 Å². The summed E-state index contributed by atoms with van der Waals surface area (Å²) in [5.74, 6) is -2.45. The summed E-state index contributed by atoms with van der Waals surface area (Å²) >= 11 is 5.46. The Labute approximate surface area is 153 Å². The minimum Gasteiger partial charge on any atom is -0.354 e. The first-order chi connectivity index (χ1) is 12.0. The van der Waals surface area contributed by atoms with Crippen LogP contribution in [0.5, 0.6) is 0 Å². The lowest BCUT2D eigenvalue weighted by Crippen LogP contribution is -2.47. The molecule has 0 spiro atoms. The van der Waals surface area contributed by atoms with Crippen LogP contribution in [0.25, 0.3) is 0 Å². The van der Waals surface area contributed by atoms with Crippen molar-refractivity contribution in [1.29, 1.82) is 0 Å². The van der Waals surface area contributed by atoms with E-state index in [0.717, 1.165) is 18.6 Å². The van der Waals surface area contributed by atoms with Crippen molar-refractivity contribution in [1.82, 2.24) is 10.6 Å². The molecule has 2 N–H and O–H groups in total. The van der Waals surface area contributed by atoms with Crippen LogP contribution in [0, 0.1) is 0 Å². The second-order valence-corrected chi connectivity index (χ2v) is 8.20. The predicted molar refractivity (Wildman–Crippen MR) is 87.3 cm³/mol. The maximum atomic E-state index is 12.9. The molecule has 6 nitrogen and oxygen atoms in total. The molecule has 1 heterocycles. The lowest BCUT2D eigenvalue weighted by atomic mass is 10.1. The minimum absolute atomic E-state index is 0.358. The van der Waals surface area contributed by atoms with E-state index in [-0.39, 0.29) is 0 Å². The molecule has 0 unspecified atom stereocenters. The van der Waals surface area contributed by atoms with Gasteiger partial charge in [0.1, 0.15) is 11.8 Å². The summed E-state index contributed by atoms with van der Waals surface area (Å²) in [7, 11) is -4.34. The Bertz CT molecular complexity index is 812. The number of rotatable bonds is 4. The van der Waals surface area contributed by atoms with Gasteiger partial charge in [-0.1, -0.05) is 11.6 Å². The normalized spacial score (nSPS) is 18.8. The maximum absolute atomic E-state index is 12.9. The SMILES string of the molecule is O=C(CS(=O)(=O)c1ccc(Cl)c(C(F)(F)F)c1)N[C@@H]1CCCCNC1=O. The number of carbonyl (C=O) groups excluding carboxylic acids is 2. The number of halogens is 4. The molecule has 26 heavy (non-hydrogen) atoms. The molecule has 1 fully saturated rings. The standard InChI is InChI=1S/C15H16ClF3N2O4S/c16-11-5-4-9(7-10(11)15(17,18)19)26(24,25)8-13(22)21-12-3-1-2-6-20-14(12)23/h4-5,7,12H,1-3,6,8H2,(H,20,23)(H,21,22)/t12-/m1/s1. The van der Waals surface area contributed by atoms with Gasteiger partial charge in [-0.3, -0.25) is 9.59 Å². The molecule has 0 aromatic heterocycles. The van der Waals surface area contributed by atoms with Gasteiger partial charge in [0, 0.05) is 6.54 Å². The minimum atomic E-state index is -4.83. The summed E-state index contributed by atoms with van der Waals surface area (Å²) in [6.07, 6.45) is -3.07. The van der Waals surface area contributed by atoms with Crippen LogP contribution in [0.1, 0.15) is 24.8 Å². The highest BCUT2D eigenvalue weighted by Crippen LogP contribution is 2.36. The lowest BCUT2D eigenvalue weighted by molar-refractivity contribution is -0.137. The van der Waals surface area contributed by atoms with Crippen LogP contribution >= 0.6 is 11.6 Å². The van der Waals surface area contributed by atoms with E-state index >= 15 is 0 Å². The van der Waals surface area contributed by atoms with Crippen molar-refractivity contribution in [3.05, 3.63) is 28.8 Å². The molecule has 2 rings (SSSR count). The molecule has 1 saturated heterocycles. The van der Waals surface area contributed by atoms with E-state index in [4.69, 9.17) is 11.6 Å². The Kier molecular flexibility index (Phi) is 6.17. The first-order valence-corrected chi connectivity index (χ1v) is 9.70. The lowest BCUT2D eigenvalue weighted by Gasteiger charge is -2.15. The van der Waals surface area contributed by atoms with Gasteiger partial charge in [-0.15, -0.1) is 0 Å². The Hall–Kier alpha value is -1.81. The van der Waals surface area contributed by atoms with Crippen molar-refractivity contribution in [3.63, 3.8) is 0 Å². The van der Waals surface area contributed by atoms with Crippen LogP contribution in [0.3, 0.4) is 0 Å². The third-order valence-electron chi connectivity index (χ3n) is 3.79. The first-order valence-electron chi connectivity index (χ1n) is 7.67. The summed E-state index contributed by atoms with van der Waals surface area (Å²) < 4.78 is 63.1. The largest absolute Gasteiger partial charge is 0.417 e. The van der Waals surface area contributed by atoms with Crippen LogP contribution in [0.4, 0.5) is 13.2 Å². The summed E-state index contributed by atoms with van der Waals surface area (Å²) in [4.78, 5) is 23.1. The summed E-state index contributed by atoms with van der Waals surface area (Å²) in [5, 5.41) is 4.25. The number of sulfone groups is 1. The van der Waals surface area contributed by atoms with E-state index in [1.165, 1.54) is 0 Å². The molecule has 11 heteroatoms. The van der Waals surface area contributed by atoms with Gasteiger partial charge in [0.15, 0.2) is 9.84 Å². The molecular weight excluding hydrogens is 397 g/mol. The molecule has 0 aliphatic carbocycles. The highest BCUT2D eigenvalue weighted by Gasteiger charge is 2.35. The Morgan fingerprint density at radius 1 is 1.31 bits per heavy atom. The molecular formula is C15H16ClF3N2O4S. The molecule has 1 aliphatic heterocycles. The molecule has 1 aromatic carbocycles. The van der Waals surface area contributed by atoms with E-state index in [1.54, 1.807) is 0 Å². The Morgan fingerprint density at radius 2 is 2.00 bits per heavy atom. The number of alkyl halides is 3. The second-order valence-electron chi connectivity index (χ2n) is 5.81. The van der Waals surface area contributed by atoms with E-state index in [9.17, 15) is 31.2 Å². The third kappa shape index (κ3) is 5.10. The van der Waals surface area contributed by atoms with Crippen molar-refractivity contribution < 1.29 is 31.2 Å². The van der Waals surface area contributed by atoms with E-state index in [1.807, 2.05) is 0 Å². The fraction of sp³-hybridized carbons (Fsp3) is 0.467. The zero-order valence-electron chi connectivity index (χ0n) is 13.4. The van der Waals surface area contributed by atoms with Crippen molar-refractivity contribution in [2.24, 2.45) is 0 Å². The molecule has 0 radical (unpaired) electrons. The molecule has 1 aliphatic rings. The zero-order valence-corrected chi connectivity index (χ0v) is 15.0. The molecule has 1 atom stereocenters. The average molecular weight is 413 g/mol. The van der Waals surface area contributed by atoms with Crippen molar-refractivity contribution in [3.8, 4) is 0 Å². The van der Waals surface area contributed by atoms with Crippen molar-refractivity contribution >= 4 is 33.3 Å². The first kappa shape index (κ1) is 20.5. The predicted octanol–water partition coefficient (Wildman–Crippen LogP) is 1.92. The molecule has 2 amide bonds. The molecule has 1 aromatic rings. The number of carbonyl (C=O) groups is 2. The van der Waals surface area contributed by atoms with E-state index < -0.39 is 55.1 Å². The number of amides is 2. The van der Waals surface area contributed by atoms with Gasteiger partial charge in [-0.25, -0.2) is 8.42 Å². The fourth-order valence-electron chi connectivity index (χ4n) is 2.48. The van der Waals surface area contributed by atoms with Crippen molar-refractivity contribution in [2.45, 2.75) is 36.4 Å². The Morgan fingerprint density at radius 3 is 2.65 bits per heavy atom. The second kappa shape index (κ2) is 7.83. The number of benzene rings is 1. The van der Waals surface area contributed by atoms with Gasteiger partial charge in [0.2, 0.25) is 11.8 Å². The molecule has 0 bridgehead atoms. The topological polar surface area (TPSA) is 92.3 Å². The van der Waals surface area contributed by atoms with Crippen LogP contribution < -0.4 is 10.6 Å². The number of hydrogen-bond acceptors (Lipinski definition) is 4. The van der Waals surface area contributed by atoms with E-state index in [2.05, 4.69) is 10.6 Å². The summed E-state index contributed by atoms with van der Waals surface area (Å²) in [6.45, 7) is 0.467. The van der Waals surface area contributed by atoms with Gasteiger partial charge >= 0.3 is 6.18 Å². The van der Waals surface area contributed by atoms with Crippen LogP contribution in [-0.4, -0.2) is 38.6 Å². The van der Waals surface area contributed by atoms with Gasteiger partial charge in [0.05, 0.1) is 15.5 Å². The monoisotopic (exact) mass is 412 g/mol. The summed E-state index contributed by atoms with van der Waals surface area (Å²) in [6, 6.07) is 1.24. The van der Waals surface area contributed by atoms with Crippen LogP contribution in [0.15, 0.2) is 23.1 Å². The molecule has 144 valence electrons. The van der Waals surface area contributed by atoms with Crippen LogP contribution in [-0.2, 0) is 25.6 Å². The highest BCUT2D eigenvalue weighted by atomic mass is 35.5. The quantitative estimate of drug-likeness (QED) is 0.790. The fourth-order valence-corrected chi connectivity index (χ4v) is 3.88. The summed E-state index contributed by atoms with van der Waals surface area (Å²) in [5.41, 5.74) is -1.30. The van der Waals surface area contributed by atoms with Gasteiger partial charge < -0.3 is 10.6 Å². The number of nitrogens with one attached hydrogen (secondary N) is 2. The molecule has 0 saturated carbocycles. The maximum Gasteiger partial charge on any atom is 0.417 e. The number of hydrogen-bond donors (Lipinski definition) is 2.